The molecule has 0 radical (unpaired) electrons. The van der Waals surface area contributed by atoms with E-state index < -0.39 is 0 Å². The molecule has 1 nitrogen and oxygen atoms in total. The Hall–Kier alpha value is -0.0400. The first-order valence-corrected chi connectivity index (χ1v) is 7.03. The average Bonchev–Trinajstić information content (AvgIpc) is 2.26. The van der Waals surface area contributed by atoms with Crippen LogP contribution in [0.25, 0.3) is 0 Å². The topological polar surface area (TPSA) is 26.0 Å². The van der Waals surface area contributed by atoms with Gasteiger partial charge in [0.1, 0.15) is 0 Å². The predicted molar refractivity (Wildman–Crippen MR) is 67.9 cm³/mol. The Labute approximate surface area is 95.8 Å². The maximum absolute atomic E-state index is 6.21. The van der Waals surface area contributed by atoms with E-state index in [1.807, 2.05) is 0 Å². The van der Waals surface area contributed by atoms with E-state index in [-0.39, 0.29) is 0 Å². The van der Waals surface area contributed by atoms with Crippen molar-refractivity contribution >= 4 is 0 Å². The second kappa shape index (κ2) is 7.27. The number of hydrogen-bond donors (Lipinski definition) is 1. The zero-order chi connectivity index (χ0) is 11.1. The van der Waals surface area contributed by atoms with Crippen LogP contribution < -0.4 is 5.73 Å². The minimum absolute atomic E-state index is 0.509. The van der Waals surface area contributed by atoms with Gasteiger partial charge in [0.05, 0.1) is 0 Å². The highest BCUT2D eigenvalue weighted by Gasteiger charge is 2.23. The molecule has 0 aliphatic heterocycles. The van der Waals surface area contributed by atoms with Crippen LogP contribution in [0.1, 0.15) is 71.6 Å². The van der Waals surface area contributed by atoms with Gasteiger partial charge >= 0.3 is 0 Å². The largest absolute Gasteiger partial charge is 0.327 e. The molecule has 1 aliphatic carbocycles. The fourth-order valence-corrected chi connectivity index (χ4v) is 2.94. The molecule has 0 spiro atoms. The molecule has 1 rings (SSSR count). The molecule has 0 aromatic rings. The normalized spacial score (nSPS) is 29.0. The van der Waals surface area contributed by atoms with Crippen LogP contribution in [0.2, 0.25) is 0 Å². The van der Waals surface area contributed by atoms with Crippen LogP contribution in [0.5, 0.6) is 0 Å². The summed E-state index contributed by atoms with van der Waals surface area (Å²) in [5, 5.41) is 0. The number of unbranched alkanes of at least 4 members (excludes halogenated alkanes) is 1. The van der Waals surface area contributed by atoms with Crippen molar-refractivity contribution in [1.82, 2.24) is 0 Å². The highest BCUT2D eigenvalue weighted by molar-refractivity contribution is 4.79. The Morgan fingerprint density at radius 2 is 1.93 bits per heavy atom. The van der Waals surface area contributed by atoms with Crippen molar-refractivity contribution in [3.05, 3.63) is 0 Å². The monoisotopic (exact) mass is 211 g/mol. The molecule has 0 aromatic heterocycles. The standard InChI is InChI=1S/C14H29N/c1-3-5-8-12(4-2)11-13-9-6-7-10-14(13)15/h12-14H,3-11,15H2,1-2H3. The minimum atomic E-state index is 0.509. The first-order chi connectivity index (χ1) is 7.27. The van der Waals surface area contributed by atoms with E-state index in [1.54, 1.807) is 0 Å². The van der Waals surface area contributed by atoms with Crippen molar-refractivity contribution in [1.29, 1.82) is 0 Å². The lowest BCUT2D eigenvalue weighted by atomic mass is 9.78. The van der Waals surface area contributed by atoms with Gasteiger partial charge in [-0.15, -0.1) is 0 Å². The van der Waals surface area contributed by atoms with Gasteiger partial charge in [-0.3, -0.25) is 0 Å². The van der Waals surface area contributed by atoms with Gasteiger partial charge in [0.25, 0.3) is 0 Å². The third kappa shape index (κ3) is 4.55. The Balaban J connectivity index is 2.29. The molecule has 0 bridgehead atoms. The summed E-state index contributed by atoms with van der Waals surface area (Å²) < 4.78 is 0. The summed E-state index contributed by atoms with van der Waals surface area (Å²) in [6, 6.07) is 0.509. The summed E-state index contributed by atoms with van der Waals surface area (Å²) >= 11 is 0. The molecular formula is C14H29N. The lowest BCUT2D eigenvalue weighted by molar-refractivity contribution is 0.240. The van der Waals surface area contributed by atoms with Crippen molar-refractivity contribution in [3.63, 3.8) is 0 Å². The maximum Gasteiger partial charge on any atom is 0.00672 e. The molecule has 1 heteroatoms. The van der Waals surface area contributed by atoms with E-state index in [2.05, 4.69) is 13.8 Å². The maximum atomic E-state index is 6.21. The van der Waals surface area contributed by atoms with E-state index in [4.69, 9.17) is 5.73 Å². The Morgan fingerprint density at radius 1 is 1.20 bits per heavy atom. The Kier molecular flexibility index (Phi) is 6.31. The zero-order valence-corrected chi connectivity index (χ0v) is 10.7. The van der Waals surface area contributed by atoms with Crippen molar-refractivity contribution in [2.45, 2.75) is 77.7 Å². The van der Waals surface area contributed by atoms with Gasteiger partial charge in [-0.05, 0) is 31.1 Å². The van der Waals surface area contributed by atoms with Crippen LogP contribution in [0.15, 0.2) is 0 Å². The van der Waals surface area contributed by atoms with E-state index in [9.17, 15) is 0 Å². The highest BCUT2D eigenvalue weighted by Crippen LogP contribution is 2.31. The molecule has 0 saturated heterocycles. The van der Waals surface area contributed by atoms with Gasteiger partial charge in [0, 0.05) is 6.04 Å². The molecular weight excluding hydrogens is 182 g/mol. The smallest absolute Gasteiger partial charge is 0.00672 e. The van der Waals surface area contributed by atoms with Gasteiger partial charge in [0.2, 0.25) is 0 Å². The molecule has 15 heavy (non-hydrogen) atoms. The predicted octanol–water partition coefficient (Wildman–Crippen LogP) is 4.11. The van der Waals surface area contributed by atoms with Crippen LogP contribution in [-0.4, -0.2) is 6.04 Å². The number of hydrogen-bond acceptors (Lipinski definition) is 1. The van der Waals surface area contributed by atoms with Crippen molar-refractivity contribution in [2.24, 2.45) is 17.6 Å². The van der Waals surface area contributed by atoms with Crippen LogP contribution in [0.3, 0.4) is 0 Å². The Morgan fingerprint density at radius 3 is 2.53 bits per heavy atom. The SMILES string of the molecule is CCCCC(CC)CC1CCCCC1N. The Bertz CT molecular complexity index is 155. The van der Waals surface area contributed by atoms with E-state index >= 15 is 0 Å². The molecule has 0 aromatic carbocycles. The molecule has 0 amide bonds. The van der Waals surface area contributed by atoms with Crippen molar-refractivity contribution < 1.29 is 0 Å². The van der Waals surface area contributed by atoms with Crippen molar-refractivity contribution in [2.75, 3.05) is 0 Å². The third-order valence-corrected chi connectivity index (χ3v) is 4.15. The quantitative estimate of drug-likeness (QED) is 0.703. The molecule has 1 fully saturated rings. The number of rotatable bonds is 6. The minimum Gasteiger partial charge on any atom is -0.327 e. The lowest BCUT2D eigenvalue weighted by Gasteiger charge is -2.31. The first kappa shape index (κ1) is 13.0. The first-order valence-electron chi connectivity index (χ1n) is 7.03. The number of nitrogens with two attached hydrogens (primary N) is 1. The van der Waals surface area contributed by atoms with Gasteiger partial charge in [0.15, 0.2) is 0 Å². The highest BCUT2D eigenvalue weighted by atomic mass is 14.7. The molecule has 1 aliphatic rings. The zero-order valence-electron chi connectivity index (χ0n) is 10.7. The lowest BCUT2D eigenvalue weighted by Crippen LogP contribution is -2.34. The molecule has 1 saturated carbocycles. The summed E-state index contributed by atoms with van der Waals surface area (Å²) in [5.74, 6) is 1.78. The fraction of sp³-hybridized carbons (Fsp3) is 1.00. The molecule has 90 valence electrons. The van der Waals surface area contributed by atoms with Crippen LogP contribution in [0, 0.1) is 11.8 Å². The fourth-order valence-electron chi connectivity index (χ4n) is 2.94. The van der Waals surface area contributed by atoms with E-state index in [0.717, 1.165) is 11.8 Å². The summed E-state index contributed by atoms with van der Waals surface area (Å²) in [5.41, 5.74) is 6.21. The van der Waals surface area contributed by atoms with E-state index in [1.165, 1.54) is 57.8 Å². The van der Waals surface area contributed by atoms with Crippen LogP contribution in [0.4, 0.5) is 0 Å². The van der Waals surface area contributed by atoms with Crippen molar-refractivity contribution in [3.8, 4) is 0 Å². The third-order valence-electron chi connectivity index (χ3n) is 4.15. The van der Waals surface area contributed by atoms with Gasteiger partial charge in [-0.2, -0.15) is 0 Å². The second-order valence-corrected chi connectivity index (χ2v) is 5.36. The average molecular weight is 211 g/mol. The molecule has 0 heterocycles. The molecule has 2 N–H and O–H groups in total. The summed E-state index contributed by atoms with van der Waals surface area (Å²) in [6.45, 7) is 4.63. The van der Waals surface area contributed by atoms with Crippen LogP contribution >= 0.6 is 0 Å². The van der Waals surface area contributed by atoms with E-state index in [0.29, 0.717) is 6.04 Å². The molecule has 3 unspecified atom stereocenters. The summed E-state index contributed by atoms with van der Waals surface area (Å²) in [7, 11) is 0. The molecule has 3 atom stereocenters. The van der Waals surface area contributed by atoms with Crippen LogP contribution in [-0.2, 0) is 0 Å². The second-order valence-electron chi connectivity index (χ2n) is 5.36. The summed E-state index contributed by atoms with van der Waals surface area (Å²) in [4.78, 5) is 0. The summed E-state index contributed by atoms with van der Waals surface area (Å²) in [6.07, 6.45) is 12.4. The van der Waals surface area contributed by atoms with Gasteiger partial charge in [-0.25, -0.2) is 0 Å². The van der Waals surface area contributed by atoms with Gasteiger partial charge < -0.3 is 5.73 Å². The van der Waals surface area contributed by atoms with Gasteiger partial charge in [-0.1, -0.05) is 52.4 Å².